The van der Waals surface area contributed by atoms with Crippen molar-refractivity contribution >= 4 is 16.1 Å². The summed E-state index contributed by atoms with van der Waals surface area (Å²) in [5.74, 6) is 0. The molecule has 0 aliphatic heterocycles. The Kier molecular flexibility index (Phi) is 3.24. The molecule has 0 spiro atoms. The minimum absolute atomic E-state index is 0.166. The summed E-state index contributed by atoms with van der Waals surface area (Å²) in [5, 5.41) is 9.03. The van der Waals surface area contributed by atoms with Crippen molar-refractivity contribution in [2.75, 3.05) is 0 Å². The molecule has 0 bridgehead atoms. The van der Waals surface area contributed by atoms with Gasteiger partial charge in [0.05, 0.1) is 4.90 Å². The molecule has 1 aromatic rings. The molecule has 0 atom stereocenters. The molecule has 0 saturated carbocycles. The number of nitrogens with two attached hydrogens (primary N) is 1. The van der Waals surface area contributed by atoms with Gasteiger partial charge in [-0.05, 0) is 12.1 Å². The molecule has 82 valence electrons. The van der Waals surface area contributed by atoms with E-state index in [-0.39, 0.29) is 9.47 Å². The largest absolute Gasteiger partial charge is 0.350 e. The topological polar surface area (TPSA) is 113 Å². The first-order chi connectivity index (χ1) is 6.94. The summed E-state index contributed by atoms with van der Waals surface area (Å²) < 4.78 is 22.6. The lowest BCUT2D eigenvalue weighted by Crippen LogP contribution is -2.46. The second-order valence-electron chi connectivity index (χ2n) is 2.54. The molecule has 0 fully saturated rings. The summed E-state index contributed by atoms with van der Waals surface area (Å²) in [6, 6.07) is 5.91. The third-order valence-electron chi connectivity index (χ3n) is 1.47. The molecule has 2 amide bonds. The highest BCUT2D eigenvalue weighted by Crippen LogP contribution is 2.10. The van der Waals surface area contributed by atoms with Gasteiger partial charge in [-0.2, -0.15) is 0 Å². The van der Waals surface area contributed by atoms with Crippen LogP contribution in [0.4, 0.5) is 4.79 Å². The average molecular weight is 231 g/mol. The second-order valence-corrected chi connectivity index (χ2v) is 4.30. The molecule has 0 aliphatic carbocycles. The van der Waals surface area contributed by atoms with E-state index in [1.165, 1.54) is 29.7 Å². The fourth-order valence-corrected chi connectivity index (χ4v) is 1.76. The van der Waals surface area contributed by atoms with Crippen LogP contribution >= 0.6 is 0 Å². The predicted molar refractivity (Wildman–Crippen MR) is 50.0 cm³/mol. The first-order valence-corrected chi connectivity index (χ1v) is 5.24. The van der Waals surface area contributed by atoms with E-state index in [1.54, 1.807) is 6.07 Å². The summed E-state index contributed by atoms with van der Waals surface area (Å²) in [7, 11) is -4.16. The van der Waals surface area contributed by atoms with Gasteiger partial charge >= 0.3 is 6.03 Å². The number of urea groups is 1. The highest BCUT2D eigenvalue weighted by atomic mass is 32.2. The number of amides is 2. The molecule has 15 heavy (non-hydrogen) atoms. The number of rotatable bonds is 3. The van der Waals surface area contributed by atoms with Gasteiger partial charge in [0.2, 0.25) is 0 Å². The zero-order valence-electron chi connectivity index (χ0n) is 7.49. The lowest BCUT2D eigenvalue weighted by atomic mass is 10.4. The van der Waals surface area contributed by atoms with Crippen LogP contribution in [0.3, 0.4) is 0 Å². The van der Waals surface area contributed by atoms with E-state index in [1.807, 2.05) is 0 Å². The minimum atomic E-state index is -4.16. The highest BCUT2D eigenvalue weighted by Gasteiger charge is 2.23. The Bertz CT molecular complexity index is 445. The highest BCUT2D eigenvalue weighted by molar-refractivity contribution is 7.89. The van der Waals surface area contributed by atoms with Crippen LogP contribution in [0.2, 0.25) is 0 Å². The van der Waals surface area contributed by atoms with Crippen molar-refractivity contribution in [3.8, 4) is 0 Å². The normalized spacial score (nSPS) is 11.3. The number of nitrogens with zero attached hydrogens (tertiary/aromatic N) is 1. The molecule has 0 radical (unpaired) electrons. The number of primary amides is 1. The molecule has 1 aromatic carbocycles. The number of hydrazine groups is 1. The predicted octanol–water partition coefficient (Wildman–Crippen LogP) is -0.350. The van der Waals surface area contributed by atoms with Crippen LogP contribution in [0.25, 0.3) is 0 Å². The summed E-state index contributed by atoms with van der Waals surface area (Å²) in [6.07, 6.45) is 0. The van der Waals surface area contributed by atoms with E-state index in [2.05, 4.69) is 5.73 Å². The van der Waals surface area contributed by atoms with E-state index in [0.717, 1.165) is 0 Å². The van der Waals surface area contributed by atoms with Crippen molar-refractivity contribution in [1.29, 1.82) is 0 Å². The Labute approximate surface area is 86.1 Å². The SMILES string of the molecule is NC(=O)NN(O)S(=O)(=O)c1ccccc1. The third-order valence-corrected chi connectivity index (χ3v) is 2.89. The van der Waals surface area contributed by atoms with E-state index in [4.69, 9.17) is 5.21 Å². The Hall–Kier alpha value is -1.64. The van der Waals surface area contributed by atoms with Crippen molar-refractivity contribution in [1.82, 2.24) is 10.0 Å². The zero-order chi connectivity index (χ0) is 11.5. The number of carbonyl (C=O) groups excluding carboxylic acids is 1. The lowest BCUT2D eigenvalue weighted by Gasteiger charge is -2.13. The molecule has 0 aliphatic rings. The van der Waals surface area contributed by atoms with Gasteiger partial charge in [-0.3, -0.25) is 5.21 Å². The van der Waals surface area contributed by atoms with E-state index >= 15 is 0 Å². The van der Waals surface area contributed by atoms with Crippen molar-refractivity contribution in [3.05, 3.63) is 30.3 Å². The van der Waals surface area contributed by atoms with Crippen molar-refractivity contribution in [3.63, 3.8) is 0 Å². The fraction of sp³-hybridized carbons (Fsp3) is 0. The first-order valence-electron chi connectivity index (χ1n) is 3.80. The lowest BCUT2D eigenvalue weighted by molar-refractivity contribution is -0.0297. The number of hydrogen-bond donors (Lipinski definition) is 3. The van der Waals surface area contributed by atoms with Gasteiger partial charge in [0, 0.05) is 4.58 Å². The summed E-state index contributed by atoms with van der Waals surface area (Å²) in [5.41, 5.74) is 6.17. The van der Waals surface area contributed by atoms with Crippen LogP contribution < -0.4 is 11.2 Å². The Morgan fingerprint density at radius 2 is 1.87 bits per heavy atom. The van der Waals surface area contributed by atoms with Crippen LogP contribution in [0.1, 0.15) is 0 Å². The van der Waals surface area contributed by atoms with E-state index < -0.39 is 16.1 Å². The molecule has 1 rings (SSSR count). The van der Waals surface area contributed by atoms with Gasteiger partial charge in [0.15, 0.2) is 0 Å². The van der Waals surface area contributed by atoms with Gasteiger partial charge < -0.3 is 5.73 Å². The standard InChI is InChI=1S/C7H9N3O4S/c8-7(11)9-10(12)15(13,14)6-4-2-1-3-5-6/h1-5,12H,(H3,8,9,11). The third kappa shape index (κ3) is 2.65. The van der Waals surface area contributed by atoms with Crippen LogP contribution in [0, 0.1) is 0 Å². The minimum Gasteiger partial charge on any atom is -0.350 e. The van der Waals surface area contributed by atoms with E-state index in [0.29, 0.717) is 0 Å². The smallest absolute Gasteiger partial charge is 0.329 e. The molecule has 7 nitrogen and oxygen atoms in total. The van der Waals surface area contributed by atoms with Gasteiger partial charge in [-0.15, -0.1) is 0 Å². The maximum absolute atomic E-state index is 11.5. The Balaban J connectivity index is 2.99. The van der Waals surface area contributed by atoms with Crippen LogP contribution in [-0.2, 0) is 10.0 Å². The van der Waals surface area contributed by atoms with Crippen molar-refractivity contribution < 1.29 is 18.4 Å². The number of carbonyl (C=O) groups is 1. The Morgan fingerprint density at radius 3 is 2.33 bits per heavy atom. The molecular weight excluding hydrogens is 222 g/mol. The average Bonchev–Trinajstić information content (AvgIpc) is 2.18. The van der Waals surface area contributed by atoms with Gasteiger partial charge in [0.1, 0.15) is 0 Å². The fourth-order valence-electron chi connectivity index (χ4n) is 0.847. The van der Waals surface area contributed by atoms with Gasteiger partial charge in [0.25, 0.3) is 10.0 Å². The molecule has 4 N–H and O–H groups in total. The second kappa shape index (κ2) is 4.26. The summed E-state index contributed by atoms with van der Waals surface area (Å²) in [4.78, 5) is 10.2. The summed E-state index contributed by atoms with van der Waals surface area (Å²) in [6.45, 7) is 0. The molecule has 0 saturated heterocycles. The Morgan fingerprint density at radius 1 is 1.33 bits per heavy atom. The van der Waals surface area contributed by atoms with Gasteiger partial charge in [-0.25, -0.2) is 18.6 Å². The van der Waals surface area contributed by atoms with Crippen LogP contribution in [-0.4, -0.2) is 24.2 Å². The molecule has 8 heteroatoms. The zero-order valence-corrected chi connectivity index (χ0v) is 8.31. The number of benzene rings is 1. The van der Waals surface area contributed by atoms with Gasteiger partial charge in [-0.1, -0.05) is 18.2 Å². The number of sulfonamides is 1. The van der Waals surface area contributed by atoms with Crippen molar-refractivity contribution in [2.45, 2.75) is 4.90 Å². The maximum Gasteiger partial charge on any atom is 0.329 e. The monoisotopic (exact) mass is 231 g/mol. The summed E-state index contributed by atoms with van der Waals surface area (Å²) >= 11 is 0. The number of nitrogens with one attached hydrogen (secondary N) is 1. The number of hydrogen-bond acceptors (Lipinski definition) is 4. The van der Waals surface area contributed by atoms with Crippen molar-refractivity contribution in [2.24, 2.45) is 5.73 Å². The molecule has 0 unspecified atom stereocenters. The molecular formula is C7H9N3O4S. The van der Waals surface area contributed by atoms with E-state index in [9.17, 15) is 13.2 Å². The first kappa shape index (κ1) is 11.4. The molecule has 0 heterocycles. The molecule has 0 aromatic heterocycles. The van der Waals surface area contributed by atoms with Crippen LogP contribution in [0.15, 0.2) is 35.2 Å². The maximum atomic E-state index is 11.5. The van der Waals surface area contributed by atoms with Crippen LogP contribution in [0.5, 0.6) is 0 Å². The quantitative estimate of drug-likeness (QED) is 0.617.